The van der Waals surface area contributed by atoms with Crippen LogP contribution >= 0.6 is 24.0 Å². The summed E-state index contributed by atoms with van der Waals surface area (Å²) in [6.45, 7) is 0.310. The third-order valence-electron chi connectivity index (χ3n) is 3.75. The fraction of sp³-hybridized carbons (Fsp3) is 0.222. The van der Waals surface area contributed by atoms with Crippen molar-refractivity contribution >= 4 is 40.3 Å². The zero-order valence-electron chi connectivity index (χ0n) is 14.5. The minimum Gasteiger partial charge on any atom is -0.493 e. The van der Waals surface area contributed by atoms with Gasteiger partial charge in [-0.15, -0.1) is 0 Å². The first-order valence-electron chi connectivity index (χ1n) is 7.65. The molecule has 0 aliphatic carbocycles. The lowest BCUT2D eigenvalue weighted by atomic mass is 10.1. The summed E-state index contributed by atoms with van der Waals surface area (Å²) in [5.74, 6) is 2.05. The highest BCUT2D eigenvalue weighted by molar-refractivity contribution is 8.26. The van der Waals surface area contributed by atoms with E-state index in [0.29, 0.717) is 38.8 Å². The molecule has 6 nitrogen and oxygen atoms in total. The number of methoxy groups -OCH3 is 3. The van der Waals surface area contributed by atoms with Crippen LogP contribution in [-0.4, -0.2) is 36.5 Å². The zero-order valence-corrected chi connectivity index (χ0v) is 16.1. The van der Waals surface area contributed by atoms with Crippen LogP contribution in [0.2, 0.25) is 0 Å². The smallest absolute Gasteiger partial charge is 0.266 e. The molecule has 1 fully saturated rings. The van der Waals surface area contributed by atoms with Crippen molar-refractivity contribution in [2.75, 3.05) is 21.3 Å². The number of ether oxygens (including phenoxy) is 3. The van der Waals surface area contributed by atoms with Crippen molar-refractivity contribution in [1.29, 1.82) is 0 Å². The molecule has 26 heavy (non-hydrogen) atoms. The molecule has 1 saturated heterocycles. The fourth-order valence-electron chi connectivity index (χ4n) is 2.53. The maximum absolute atomic E-state index is 12.7. The molecular formula is C18H17NO5S2. The lowest BCUT2D eigenvalue weighted by molar-refractivity contribution is -0.122. The monoisotopic (exact) mass is 391 g/mol. The zero-order chi connectivity index (χ0) is 18.7. The van der Waals surface area contributed by atoms with Gasteiger partial charge in [-0.1, -0.05) is 24.0 Å². The van der Waals surface area contributed by atoms with Gasteiger partial charge >= 0.3 is 0 Å². The van der Waals surface area contributed by atoms with Crippen molar-refractivity contribution in [3.8, 4) is 17.2 Å². The summed E-state index contributed by atoms with van der Waals surface area (Å²) < 4.78 is 21.8. The first-order valence-corrected chi connectivity index (χ1v) is 8.87. The molecular weight excluding hydrogens is 374 g/mol. The number of hydrogen-bond acceptors (Lipinski definition) is 7. The summed E-state index contributed by atoms with van der Waals surface area (Å²) in [5, 5.41) is 0. The molecule has 1 aromatic heterocycles. The van der Waals surface area contributed by atoms with Crippen molar-refractivity contribution in [1.82, 2.24) is 4.90 Å². The predicted molar refractivity (Wildman–Crippen MR) is 104 cm³/mol. The van der Waals surface area contributed by atoms with Gasteiger partial charge in [-0.25, -0.2) is 0 Å². The Balaban J connectivity index is 1.90. The highest BCUT2D eigenvalue weighted by Gasteiger charge is 2.32. The number of carbonyl (C=O) groups is 1. The molecule has 136 valence electrons. The number of nitrogens with zero attached hydrogens (tertiary/aromatic N) is 1. The number of hydrogen-bond donors (Lipinski definition) is 0. The number of thioether (sulfide) groups is 1. The molecule has 2 aromatic rings. The molecule has 2 heterocycles. The number of carbonyl (C=O) groups excluding carboxylic acids is 1. The summed E-state index contributed by atoms with van der Waals surface area (Å²) in [6, 6.07) is 7.14. The highest BCUT2D eigenvalue weighted by Crippen LogP contribution is 2.40. The molecule has 0 atom stereocenters. The van der Waals surface area contributed by atoms with Gasteiger partial charge in [-0.3, -0.25) is 9.69 Å². The largest absolute Gasteiger partial charge is 0.493 e. The van der Waals surface area contributed by atoms with Crippen LogP contribution in [0.15, 0.2) is 39.9 Å². The average Bonchev–Trinajstić information content (AvgIpc) is 3.25. The van der Waals surface area contributed by atoms with Gasteiger partial charge in [-0.2, -0.15) is 0 Å². The second-order valence-electron chi connectivity index (χ2n) is 5.31. The number of thiocarbonyl (C=S) groups is 1. The lowest BCUT2D eigenvalue weighted by Crippen LogP contribution is -2.27. The third kappa shape index (κ3) is 3.56. The van der Waals surface area contributed by atoms with Crippen LogP contribution in [0.4, 0.5) is 0 Å². The van der Waals surface area contributed by atoms with E-state index in [1.807, 2.05) is 6.07 Å². The van der Waals surface area contributed by atoms with Gasteiger partial charge in [0.25, 0.3) is 5.91 Å². The summed E-state index contributed by atoms with van der Waals surface area (Å²) in [6.07, 6.45) is 3.32. The van der Waals surface area contributed by atoms with E-state index >= 15 is 0 Å². The van der Waals surface area contributed by atoms with Crippen LogP contribution in [0.3, 0.4) is 0 Å². The van der Waals surface area contributed by atoms with Crippen molar-refractivity contribution in [3.05, 3.63) is 46.8 Å². The van der Waals surface area contributed by atoms with E-state index in [1.54, 1.807) is 51.9 Å². The minimum absolute atomic E-state index is 0.162. The normalized spacial score (nSPS) is 15.7. The quantitative estimate of drug-likeness (QED) is 0.549. The molecule has 8 heteroatoms. The summed E-state index contributed by atoms with van der Waals surface area (Å²) in [7, 11) is 4.63. The highest BCUT2D eigenvalue weighted by atomic mass is 32.2. The average molecular weight is 391 g/mol. The molecule has 0 saturated carbocycles. The molecule has 0 unspecified atom stereocenters. The molecule has 1 aromatic carbocycles. The van der Waals surface area contributed by atoms with E-state index in [4.69, 9.17) is 30.8 Å². The van der Waals surface area contributed by atoms with Crippen LogP contribution < -0.4 is 14.2 Å². The number of furan rings is 1. The lowest BCUT2D eigenvalue weighted by Gasteiger charge is -2.13. The Kier molecular flexibility index (Phi) is 5.53. The second kappa shape index (κ2) is 7.84. The summed E-state index contributed by atoms with van der Waals surface area (Å²) in [4.78, 5) is 14.7. The van der Waals surface area contributed by atoms with Crippen molar-refractivity contribution < 1.29 is 23.4 Å². The first-order chi connectivity index (χ1) is 12.6. The minimum atomic E-state index is -0.162. The standard InChI is InChI=1S/C18H17NO5S2/c1-21-13-7-11(8-14(22-2)16(13)23-3)9-15-17(20)19(18(25)26-15)10-12-5-4-6-24-12/h4-9H,10H2,1-3H3. The topological polar surface area (TPSA) is 61.1 Å². The SMILES string of the molecule is COc1cc(C=C2SC(=S)N(Cc3ccco3)C2=O)cc(OC)c1OC. The molecule has 1 amide bonds. The molecule has 1 aliphatic rings. The second-order valence-corrected chi connectivity index (χ2v) is 6.98. The molecule has 0 bridgehead atoms. The Morgan fingerprint density at radius 2 is 1.88 bits per heavy atom. The molecule has 0 radical (unpaired) electrons. The maximum atomic E-state index is 12.7. The van der Waals surface area contributed by atoms with Crippen molar-refractivity contribution in [2.45, 2.75) is 6.54 Å². The molecule has 0 spiro atoms. The van der Waals surface area contributed by atoms with Crippen molar-refractivity contribution in [2.24, 2.45) is 0 Å². The first kappa shape index (κ1) is 18.3. The molecule has 1 aliphatic heterocycles. The van der Waals surface area contributed by atoms with E-state index in [1.165, 1.54) is 16.7 Å². The van der Waals surface area contributed by atoms with Gasteiger partial charge in [0, 0.05) is 0 Å². The van der Waals surface area contributed by atoms with Crippen LogP contribution in [0.1, 0.15) is 11.3 Å². The Hall–Kier alpha value is -2.45. The van der Waals surface area contributed by atoms with Gasteiger partial charge < -0.3 is 18.6 Å². The Morgan fingerprint density at radius 1 is 1.19 bits per heavy atom. The van der Waals surface area contributed by atoms with Gasteiger partial charge in [0.05, 0.1) is 39.0 Å². The van der Waals surface area contributed by atoms with Gasteiger partial charge in [0.15, 0.2) is 11.5 Å². The maximum Gasteiger partial charge on any atom is 0.266 e. The predicted octanol–water partition coefficient (Wildman–Crippen LogP) is 3.71. The van der Waals surface area contributed by atoms with Crippen LogP contribution in [-0.2, 0) is 11.3 Å². The van der Waals surface area contributed by atoms with E-state index in [0.717, 1.165) is 5.56 Å². The Morgan fingerprint density at radius 3 is 2.42 bits per heavy atom. The Bertz CT molecular complexity index is 835. The van der Waals surface area contributed by atoms with Crippen molar-refractivity contribution in [3.63, 3.8) is 0 Å². The van der Waals surface area contributed by atoms with Gasteiger partial charge in [0.2, 0.25) is 5.75 Å². The van der Waals surface area contributed by atoms with Gasteiger partial charge in [-0.05, 0) is 35.9 Å². The number of rotatable bonds is 6. The molecule has 3 rings (SSSR count). The van der Waals surface area contributed by atoms with Gasteiger partial charge in [0.1, 0.15) is 10.1 Å². The van der Waals surface area contributed by atoms with E-state index in [-0.39, 0.29) is 5.91 Å². The van der Waals surface area contributed by atoms with E-state index in [9.17, 15) is 4.79 Å². The summed E-state index contributed by atoms with van der Waals surface area (Å²) >= 11 is 6.59. The van der Waals surface area contributed by atoms with Crippen LogP contribution in [0.25, 0.3) is 6.08 Å². The van der Waals surface area contributed by atoms with Crippen LogP contribution in [0, 0.1) is 0 Å². The fourth-order valence-corrected chi connectivity index (χ4v) is 3.79. The number of benzene rings is 1. The Labute approximate surface area is 160 Å². The van der Waals surface area contributed by atoms with Crippen LogP contribution in [0.5, 0.6) is 17.2 Å². The van der Waals surface area contributed by atoms with E-state index < -0.39 is 0 Å². The molecule has 0 N–H and O–H groups in total. The number of amides is 1. The van der Waals surface area contributed by atoms with E-state index in [2.05, 4.69) is 0 Å². The summed E-state index contributed by atoms with van der Waals surface area (Å²) in [5.41, 5.74) is 0.748. The third-order valence-corrected chi connectivity index (χ3v) is 5.13.